The van der Waals surface area contributed by atoms with Gasteiger partial charge in [0, 0.05) is 49.7 Å². The van der Waals surface area contributed by atoms with Gasteiger partial charge in [-0.1, -0.05) is 26.0 Å². The fourth-order valence-electron chi connectivity index (χ4n) is 4.89. The highest BCUT2D eigenvalue weighted by atomic mass is 19.1. The molecule has 1 fully saturated rings. The van der Waals surface area contributed by atoms with Crippen LogP contribution in [-0.2, 0) is 9.59 Å². The van der Waals surface area contributed by atoms with Gasteiger partial charge in [0.15, 0.2) is 0 Å². The van der Waals surface area contributed by atoms with Crippen LogP contribution >= 0.6 is 0 Å². The van der Waals surface area contributed by atoms with E-state index in [2.05, 4.69) is 34.8 Å². The zero-order valence-electron chi connectivity index (χ0n) is 24.6. The molecule has 1 aromatic heterocycles. The van der Waals surface area contributed by atoms with Crippen LogP contribution in [0.3, 0.4) is 0 Å². The predicted molar refractivity (Wildman–Crippen MR) is 158 cm³/mol. The van der Waals surface area contributed by atoms with Crippen molar-refractivity contribution in [1.29, 1.82) is 0 Å². The summed E-state index contributed by atoms with van der Waals surface area (Å²) in [6, 6.07) is 5.70. The molecule has 4 atom stereocenters. The van der Waals surface area contributed by atoms with Gasteiger partial charge in [0.05, 0.1) is 0 Å². The molecular weight excluding hydrogens is 509 g/mol. The standard InChI is InChI=1S/C30H44FN7O2/c1-7-15-32-28-26(19-33-30(36-28)35-24-11-8-10-23(31)18-24)20(2)22-13-14-25(17-22)34-29(40)21(3)38(6)27(39)12-9-16-37(4)5/h8-12,18-22,25H,7,13-17H2,1-6H3,(H,34,40)(H2,32,33,35,36)/b12-9+/t20?,21-,22+,25-/m0/s1. The van der Waals surface area contributed by atoms with Crippen molar-refractivity contribution in [3.05, 3.63) is 54.0 Å². The third-order valence-corrected chi connectivity index (χ3v) is 7.50. The molecule has 0 saturated heterocycles. The molecule has 40 heavy (non-hydrogen) atoms. The maximum Gasteiger partial charge on any atom is 0.246 e. The Kier molecular flexibility index (Phi) is 11.4. The summed E-state index contributed by atoms with van der Waals surface area (Å²) in [4.78, 5) is 38.1. The Balaban J connectivity index is 1.62. The molecule has 2 amide bonds. The van der Waals surface area contributed by atoms with Gasteiger partial charge in [0.25, 0.3) is 0 Å². The topological polar surface area (TPSA) is 102 Å². The summed E-state index contributed by atoms with van der Waals surface area (Å²) in [5.41, 5.74) is 1.61. The smallest absolute Gasteiger partial charge is 0.246 e. The van der Waals surface area contributed by atoms with E-state index in [1.54, 1.807) is 32.2 Å². The summed E-state index contributed by atoms with van der Waals surface area (Å²) in [7, 11) is 5.52. The summed E-state index contributed by atoms with van der Waals surface area (Å²) in [6.07, 6.45) is 8.80. The molecule has 1 saturated carbocycles. The van der Waals surface area contributed by atoms with Gasteiger partial charge in [-0.15, -0.1) is 0 Å². The van der Waals surface area contributed by atoms with Crippen LogP contribution in [0.5, 0.6) is 0 Å². The zero-order valence-corrected chi connectivity index (χ0v) is 24.6. The van der Waals surface area contributed by atoms with Gasteiger partial charge in [0.1, 0.15) is 17.7 Å². The second kappa shape index (κ2) is 14.7. The van der Waals surface area contributed by atoms with Gasteiger partial charge in [-0.25, -0.2) is 9.37 Å². The molecule has 1 unspecified atom stereocenters. The molecular formula is C30H44FN7O2. The Morgan fingerprint density at radius 1 is 1.20 bits per heavy atom. The van der Waals surface area contributed by atoms with E-state index >= 15 is 0 Å². The van der Waals surface area contributed by atoms with Crippen LogP contribution in [0.1, 0.15) is 57.9 Å². The molecule has 218 valence electrons. The van der Waals surface area contributed by atoms with Gasteiger partial charge in [-0.2, -0.15) is 4.98 Å². The SMILES string of the molecule is CCCNc1nc(Nc2cccc(F)c2)ncc1C(C)[C@@H]1CC[C@H](NC(=O)[C@H](C)N(C)C(=O)/C=C/CN(C)C)C1. The molecule has 0 spiro atoms. The van der Waals surface area contributed by atoms with Crippen LogP contribution < -0.4 is 16.0 Å². The first kappa shape index (κ1) is 31.0. The van der Waals surface area contributed by atoms with E-state index in [1.165, 1.54) is 23.1 Å². The molecule has 2 aromatic rings. The van der Waals surface area contributed by atoms with Crippen LogP contribution in [0.25, 0.3) is 0 Å². The number of nitrogens with one attached hydrogen (secondary N) is 3. The van der Waals surface area contributed by atoms with Crippen molar-refractivity contribution < 1.29 is 14.0 Å². The number of benzene rings is 1. The van der Waals surface area contributed by atoms with Gasteiger partial charge in [-0.05, 0) is 76.7 Å². The fourth-order valence-corrected chi connectivity index (χ4v) is 4.89. The molecule has 1 heterocycles. The molecule has 9 nitrogen and oxygen atoms in total. The maximum absolute atomic E-state index is 13.6. The normalized spacial score (nSPS) is 18.5. The summed E-state index contributed by atoms with van der Waals surface area (Å²) < 4.78 is 13.6. The Bertz CT molecular complexity index is 1170. The zero-order chi connectivity index (χ0) is 29.2. The van der Waals surface area contributed by atoms with Crippen molar-refractivity contribution in [3.8, 4) is 0 Å². The lowest BCUT2D eigenvalue weighted by Gasteiger charge is -2.25. The van der Waals surface area contributed by atoms with Crippen molar-refractivity contribution in [2.24, 2.45) is 5.92 Å². The number of halogens is 1. The number of amides is 2. The van der Waals surface area contributed by atoms with Crippen LogP contribution in [0.2, 0.25) is 0 Å². The van der Waals surface area contributed by atoms with Crippen molar-refractivity contribution in [2.45, 2.75) is 64.5 Å². The maximum atomic E-state index is 13.6. The largest absolute Gasteiger partial charge is 0.370 e. The molecule has 10 heteroatoms. The molecule has 3 N–H and O–H groups in total. The number of anilines is 3. The third kappa shape index (κ3) is 8.74. The third-order valence-electron chi connectivity index (χ3n) is 7.50. The first-order valence-electron chi connectivity index (χ1n) is 14.1. The number of aromatic nitrogens is 2. The first-order valence-corrected chi connectivity index (χ1v) is 14.1. The molecule has 1 aliphatic carbocycles. The minimum atomic E-state index is -0.565. The lowest BCUT2D eigenvalue weighted by Crippen LogP contribution is -2.48. The molecule has 1 aromatic carbocycles. The summed E-state index contributed by atoms with van der Waals surface area (Å²) in [5, 5.41) is 9.67. The van der Waals surface area contributed by atoms with Crippen molar-refractivity contribution in [1.82, 2.24) is 25.1 Å². The Morgan fingerprint density at radius 2 is 1.98 bits per heavy atom. The van der Waals surface area contributed by atoms with Crippen LogP contribution in [-0.4, -0.2) is 77.9 Å². The Hall–Kier alpha value is -3.53. The highest BCUT2D eigenvalue weighted by molar-refractivity contribution is 5.92. The number of carbonyl (C=O) groups excluding carboxylic acids is 2. The minimum Gasteiger partial charge on any atom is -0.370 e. The number of nitrogens with zero attached hydrogens (tertiary/aromatic N) is 4. The number of carbonyl (C=O) groups is 2. The second-order valence-electron chi connectivity index (χ2n) is 10.9. The quantitative estimate of drug-likeness (QED) is 0.313. The highest BCUT2D eigenvalue weighted by Gasteiger charge is 2.33. The van der Waals surface area contributed by atoms with Gasteiger partial charge >= 0.3 is 0 Å². The second-order valence-corrected chi connectivity index (χ2v) is 10.9. The number of rotatable bonds is 13. The number of likely N-dealkylation sites (N-methyl/N-ethyl adjacent to an activating group) is 2. The van der Waals surface area contributed by atoms with Crippen molar-refractivity contribution in [2.75, 3.05) is 44.9 Å². The lowest BCUT2D eigenvalue weighted by atomic mass is 9.87. The average Bonchev–Trinajstić information content (AvgIpc) is 3.39. The van der Waals surface area contributed by atoms with E-state index in [0.717, 1.165) is 43.6 Å². The molecule has 3 rings (SSSR count). The van der Waals surface area contributed by atoms with Gasteiger partial charge in [0.2, 0.25) is 17.8 Å². The molecule has 0 bridgehead atoms. The van der Waals surface area contributed by atoms with Crippen molar-refractivity contribution in [3.63, 3.8) is 0 Å². The summed E-state index contributed by atoms with van der Waals surface area (Å²) in [6.45, 7) is 7.46. The highest BCUT2D eigenvalue weighted by Crippen LogP contribution is 2.39. The summed E-state index contributed by atoms with van der Waals surface area (Å²) >= 11 is 0. The van der Waals surface area contributed by atoms with E-state index in [4.69, 9.17) is 4.98 Å². The average molecular weight is 554 g/mol. The number of hydrogen-bond acceptors (Lipinski definition) is 7. The van der Waals surface area contributed by atoms with Crippen molar-refractivity contribution >= 4 is 29.3 Å². The van der Waals surface area contributed by atoms with E-state index in [1.807, 2.05) is 25.2 Å². The van der Waals surface area contributed by atoms with E-state index in [0.29, 0.717) is 24.1 Å². The lowest BCUT2D eigenvalue weighted by molar-refractivity contribution is -0.135. The molecule has 0 aliphatic heterocycles. The fraction of sp³-hybridized carbons (Fsp3) is 0.533. The van der Waals surface area contributed by atoms with Crippen LogP contribution in [0.4, 0.5) is 21.8 Å². The predicted octanol–water partition coefficient (Wildman–Crippen LogP) is 4.53. The molecule has 1 aliphatic rings. The monoisotopic (exact) mass is 553 g/mol. The van der Waals surface area contributed by atoms with Crippen LogP contribution in [0.15, 0.2) is 42.6 Å². The number of hydrogen-bond donors (Lipinski definition) is 3. The Labute approximate surface area is 237 Å². The van der Waals surface area contributed by atoms with E-state index in [-0.39, 0.29) is 29.6 Å². The van der Waals surface area contributed by atoms with E-state index in [9.17, 15) is 14.0 Å². The Morgan fingerprint density at radius 3 is 2.67 bits per heavy atom. The van der Waals surface area contributed by atoms with Crippen LogP contribution in [0, 0.1) is 11.7 Å². The first-order chi connectivity index (χ1) is 19.1. The summed E-state index contributed by atoms with van der Waals surface area (Å²) in [5.74, 6) is 1.04. The minimum absolute atomic E-state index is 0.0528. The van der Waals surface area contributed by atoms with Gasteiger partial charge < -0.3 is 25.8 Å². The molecule has 0 radical (unpaired) electrons. The van der Waals surface area contributed by atoms with E-state index < -0.39 is 6.04 Å². The van der Waals surface area contributed by atoms with Gasteiger partial charge in [-0.3, -0.25) is 9.59 Å².